The summed E-state index contributed by atoms with van der Waals surface area (Å²) >= 11 is 0. The van der Waals surface area contributed by atoms with E-state index in [9.17, 15) is 5.26 Å². The summed E-state index contributed by atoms with van der Waals surface area (Å²) in [6, 6.07) is 12.6. The van der Waals surface area contributed by atoms with Crippen molar-refractivity contribution in [2.45, 2.75) is 37.5 Å². The molecule has 0 aromatic heterocycles. The van der Waals surface area contributed by atoms with Crippen molar-refractivity contribution >= 4 is 0 Å². The maximum Gasteiger partial charge on any atom is 0.145 e. The first-order chi connectivity index (χ1) is 10.3. The van der Waals surface area contributed by atoms with Crippen molar-refractivity contribution in [2.24, 2.45) is 0 Å². The Balaban J connectivity index is 1.81. The highest BCUT2D eigenvalue weighted by Gasteiger charge is 2.39. The highest BCUT2D eigenvalue weighted by molar-refractivity contribution is 5.32. The largest absolute Gasteiger partial charge is 0.372 e. The molecule has 21 heavy (non-hydrogen) atoms. The molecule has 0 amide bonds. The second-order valence-corrected chi connectivity index (χ2v) is 6.07. The number of hydrogen-bond donors (Lipinski definition) is 1. The average molecular weight is 285 g/mol. The zero-order chi connectivity index (χ0) is 14.7. The number of benzene rings is 1. The van der Waals surface area contributed by atoms with Crippen LogP contribution in [0.2, 0.25) is 0 Å². The molecule has 0 aliphatic carbocycles. The number of nitriles is 1. The lowest BCUT2D eigenvalue weighted by atomic mass is 9.90. The van der Waals surface area contributed by atoms with Gasteiger partial charge in [0.2, 0.25) is 0 Å². The van der Waals surface area contributed by atoms with Gasteiger partial charge in [-0.25, -0.2) is 0 Å². The van der Waals surface area contributed by atoms with Gasteiger partial charge >= 0.3 is 0 Å². The molecule has 2 bridgehead atoms. The second kappa shape index (κ2) is 6.15. The van der Waals surface area contributed by atoms with Gasteiger partial charge in [-0.2, -0.15) is 5.26 Å². The maximum atomic E-state index is 9.87. The van der Waals surface area contributed by atoms with Crippen LogP contribution in [-0.2, 0) is 10.3 Å². The molecule has 2 heterocycles. The Morgan fingerprint density at radius 2 is 1.95 bits per heavy atom. The molecule has 0 radical (unpaired) electrons. The topological polar surface area (TPSA) is 48.3 Å². The number of rotatable bonds is 5. The number of nitrogens with one attached hydrogen (secondary N) is 1. The third-order valence-electron chi connectivity index (χ3n) is 4.52. The maximum absolute atomic E-state index is 9.87. The molecule has 3 unspecified atom stereocenters. The molecule has 0 spiro atoms. The van der Waals surface area contributed by atoms with Crippen molar-refractivity contribution in [3.8, 4) is 6.07 Å². The van der Waals surface area contributed by atoms with Crippen molar-refractivity contribution in [3.05, 3.63) is 35.9 Å². The quantitative estimate of drug-likeness (QED) is 0.897. The predicted octanol–water partition coefficient (Wildman–Crippen LogP) is 1.88. The van der Waals surface area contributed by atoms with Crippen molar-refractivity contribution < 1.29 is 4.74 Å². The highest BCUT2D eigenvalue weighted by atomic mass is 16.5. The number of nitrogens with zero attached hydrogens (tertiary/aromatic N) is 2. The zero-order valence-corrected chi connectivity index (χ0v) is 12.6. The van der Waals surface area contributed by atoms with Crippen LogP contribution < -0.4 is 5.32 Å². The summed E-state index contributed by atoms with van der Waals surface area (Å²) in [5, 5.41) is 13.3. The van der Waals surface area contributed by atoms with Gasteiger partial charge in [0, 0.05) is 19.6 Å². The van der Waals surface area contributed by atoms with Crippen LogP contribution in [0.4, 0.5) is 0 Å². The van der Waals surface area contributed by atoms with Crippen LogP contribution in [0, 0.1) is 11.3 Å². The molecule has 2 fully saturated rings. The first-order valence-electron chi connectivity index (χ1n) is 7.85. The normalized spacial score (nSPS) is 28.0. The van der Waals surface area contributed by atoms with Crippen LogP contribution in [0.3, 0.4) is 0 Å². The minimum absolute atomic E-state index is 0.359. The molecule has 1 N–H and O–H groups in total. The van der Waals surface area contributed by atoms with Gasteiger partial charge in [-0.15, -0.1) is 0 Å². The molecule has 1 aromatic carbocycles. The molecule has 2 aliphatic rings. The van der Waals surface area contributed by atoms with Gasteiger partial charge in [0.15, 0.2) is 0 Å². The monoisotopic (exact) mass is 285 g/mol. The Labute approximate surface area is 126 Å². The summed E-state index contributed by atoms with van der Waals surface area (Å²) in [4.78, 5) is 2.39. The van der Waals surface area contributed by atoms with Crippen molar-refractivity contribution in [3.63, 3.8) is 0 Å². The minimum Gasteiger partial charge on any atom is -0.372 e. The van der Waals surface area contributed by atoms with E-state index in [4.69, 9.17) is 4.74 Å². The average Bonchev–Trinajstić information content (AvgIpc) is 2.86. The summed E-state index contributed by atoms with van der Waals surface area (Å²) in [7, 11) is 0. The minimum atomic E-state index is -0.632. The lowest BCUT2D eigenvalue weighted by Gasteiger charge is -2.38. The van der Waals surface area contributed by atoms with E-state index in [1.807, 2.05) is 30.3 Å². The number of hydrogen-bond acceptors (Lipinski definition) is 4. The van der Waals surface area contributed by atoms with E-state index in [-0.39, 0.29) is 0 Å². The number of morpholine rings is 1. The SMILES string of the molecule is CCNC(C#N)(CN1CC2CCC(C1)O2)c1ccccc1. The van der Waals surface area contributed by atoms with Crippen LogP contribution in [0.1, 0.15) is 25.3 Å². The van der Waals surface area contributed by atoms with Gasteiger partial charge in [-0.1, -0.05) is 37.3 Å². The number of likely N-dealkylation sites (N-methyl/N-ethyl adjacent to an activating group) is 1. The lowest BCUT2D eigenvalue weighted by molar-refractivity contribution is -0.0436. The predicted molar refractivity (Wildman–Crippen MR) is 81.7 cm³/mol. The fourth-order valence-electron chi connectivity index (χ4n) is 3.58. The van der Waals surface area contributed by atoms with Gasteiger partial charge in [0.05, 0.1) is 18.3 Å². The molecule has 3 atom stereocenters. The smallest absolute Gasteiger partial charge is 0.145 e. The van der Waals surface area contributed by atoms with E-state index >= 15 is 0 Å². The third kappa shape index (κ3) is 2.96. The number of ether oxygens (including phenoxy) is 1. The van der Waals surface area contributed by atoms with E-state index in [0.29, 0.717) is 12.2 Å². The fraction of sp³-hybridized carbons (Fsp3) is 0.588. The molecule has 2 saturated heterocycles. The van der Waals surface area contributed by atoms with E-state index in [2.05, 4.69) is 23.2 Å². The van der Waals surface area contributed by atoms with E-state index in [1.54, 1.807) is 0 Å². The molecular formula is C17H23N3O. The van der Waals surface area contributed by atoms with Gasteiger partial charge in [0.1, 0.15) is 5.54 Å². The second-order valence-electron chi connectivity index (χ2n) is 6.07. The fourth-order valence-corrected chi connectivity index (χ4v) is 3.58. The first kappa shape index (κ1) is 14.5. The molecule has 0 saturated carbocycles. The zero-order valence-electron chi connectivity index (χ0n) is 12.6. The van der Waals surface area contributed by atoms with Crippen molar-refractivity contribution in [2.75, 3.05) is 26.2 Å². The van der Waals surface area contributed by atoms with Crippen LogP contribution in [0.25, 0.3) is 0 Å². The number of likely N-dealkylation sites (tertiary alicyclic amines) is 1. The van der Waals surface area contributed by atoms with Gasteiger partial charge in [-0.05, 0) is 24.9 Å². The Hall–Kier alpha value is -1.41. The van der Waals surface area contributed by atoms with E-state index in [0.717, 1.165) is 44.6 Å². The molecule has 4 heteroatoms. The van der Waals surface area contributed by atoms with Gasteiger partial charge in [0.25, 0.3) is 0 Å². The Morgan fingerprint density at radius 1 is 1.29 bits per heavy atom. The summed E-state index contributed by atoms with van der Waals surface area (Å²) < 4.78 is 5.90. The Morgan fingerprint density at radius 3 is 2.52 bits per heavy atom. The van der Waals surface area contributed by atoms with E-state index < -0.39 is 5.54 Å². The molecule has 2 aliphatic heterocycles. The third-order valence-corrected chi connectivity index (χ3v) is 4.52. The van der Waals surface area contributed by atoms with Crippen LogP contribution in [0.15, 0.2) is 30.3 Å². The summed E-state index contributed by atoms with van der Waals surface area (Å²) in [6.07, 6.45) is 3.04. The van der Waals surface area contributed by atoms with Gasteiger partial charge in [-0.3, -0.25) is 10.2 Å². The molecule has 1 aromatic rings. The molecule has 112 valence electrons. The lowest BCUT2D eigenvalue weighted by Crippen LogP contribution is -2.54. The van der Waals surface area contributed by atoms with Crippen LogP contribution >= 0.6 is 0 Å². The van der Waals surface area contributed by atoms with Crippen molar-refractivity contribution in [1.29, 1.82) is 5.26 Å². The van der Waals surface area contributed by atoms with Crippen LogP contribution in [0.5, 0.6) is 0 Å². The first-order valence-corrected chi connectivity index (χ1v) is 7.85. The van der Waals surface area contributed by atoms with Crippen molar-refractivity contribution in [1.82, 2.24) is 10.2 Å². The summed E-state index contributed by atoms with van der Waals surface area (Å²) in [5.74, 6) is 0. The molecule has 3 rings (SSSR count). The van der Waals surface area contributed by atoms with E-state index in [1.165, 1.54) is 0 Å². The molecular weight excluding hydrogens is 262 g/mol. The molecule has 4 nitrogen and oxygen atoms in total. The Kier molecular flexibility index (Phi) is 4.25. The van der Waals surface area contributed by atoms with Crippen LogP contribution in [-0.4, -0.2) is 43.3 Å². The van der Waals surface area contributed by atoms with Gasteiger partial charge < -0.3 is 4.74 Å². The standard InChI is InChI=1S/C17H23N3O/c1-2-19-17(12-18,14-6-4-3-5-7-14)13-20-10-15-8-9-16(11-20)21-15/h3-7,15-16,19H,2,8-11,13H2,1H3. The number of fused-ring (bicyclic) bond motifs is 2. The Bertz CT molecular complexity index is 501. The summed E-state index contributed by atoms with van der Waals surface area (Å²) in [6.45, 7) is 5.44. The summed E-state index contributed by atoms with van der Waals surface area (Å²) in [5.41, 5.74) is 0.417. The highest BCUT2D eigenvalue weighted by Crippen LogP contribution is 2.29.